The van der Waals surface area contributed by atoms with E-state index in [4.69, 9.17) is 0 Å². The predicted octanol–water partition coefficient (Wildman–Crippen LogP) is 3.49. The number of carbonyl (C=O) groups is 1. The van der Waals surface area contributed by atoms with E-state index in [9.17, 15) is 4.79 Å². The topological polar surface area (TPSA) is 61.4 Å². The summed E-state index contributed by atoms with van der Waals surface area (Å²) in [6, 6.07) is 21.8. The molecule has 1 amide bonds. The van der Waals surface area contributed by atoms with E-state index in [1.54, 1.807) is 12.1 Å². The lowest BCUT2D eigenvalue weighted by atomic mass is 10.2. The Kier molecular flexibility index (Phi) is 5.19. The fourth-order valence-electron chi connectivity index (χ4n) is 3.35. The largest absolute Gasteiger partial charge is 0.368 e. The molecule has 0 aliphatic carbocycles. The highest BCUT2D eigenvalue weighted by Crippen LogP contribution is 2.18. The molecular formula is C22H23N5O. The molecule has 142 valence electrons. The van der Waals surface area contributed by atoms with Crippen LogP contribution >= 0.6 is 0 Å². The predicted molar refractivity (Wildman–Crippen MR) is 111 cm³/mol. The number of hydrogen-bond acceptors (Lipinski definition) is 5. The number of amides is 1. The van der Waals surface area contributed by atoms with Gasteiger partial charge in [-0.3, -0.25) is 4.79 Å². The third kappa shape index (κ3) is 4.11. The molecule has 2 aromatic carbocycles. The molecule has 1 fully saturated rings. The van der Waals surface area contributed by atoms with E-state index in [1.165, 1.54) is 11.3 Å². The summed E-state index contributed by atoms with van der Waals surface area (Å²) in [6.07, 6.45) is 0. The van der Waals surface area contributed by atoms with Gasteiger partial charge in [0.2, 0.25) is 0 Å². The van der Waals surface area contributed by atoms with Gasteiger partial charge in [0.1, 0.15) is 0 Å². The summed E-state index contributed by atoms with van der Waals surface area (Å²) in [7, 11) is 0. The van der Waals surface area contributed by atoms with Crippen LogP contribution < -0.4 is 10.2 Å². The van der Waals surface area contributed by atoms with Crippen molar-refractivity contribution in [1.82, 2.24) is 15.1 Å². The van der Waals surface area contributed by atoms with Crippen molar-refractivity contribution in [3.8, 4) is 0 Å². The van der Waals surface area contributed by atoms with Crippen LogP contribution in [-0.4, -0.2) is 47.2 Å². The maximum Gasteiger partial charge on any atom is 0.274 e. The third-order valence-electron chi connectivity index (χ3n) is 4.86. The molecule has 2 heterocycles. The number of piperazine rings is 1. The molecule has 1 saturated heterocycles. The van der Waals surface area contributed by atoms with E-state index in [0.717, 1.165) is 18.8 Å². The second kappa shape index (κ2) is 8.08. The van der Waals surface area contributed by atoms with Gasteiger partial charge < -0.3 is 15.1 Å². The lowest BCUT2D eigenvalue weighted by molar-refractivity contribution is 0.0739. The van der Waals surface area contributed by atoms with Gasteiger partial charge in [0, 0.05) is 37.6 Å². The molecule has 1 N–H and O–H groups in total. The van der Waals surface area contributed by atoms with Gasteiger partial charge in [-0.2, -0.15) is 0 Å². The highest BCUT2D eigenvalue weighted by atomic mass is 16.2. The Bertz CT molecular complexity index is 935. The van der Waals surface area contributed by atoms with Crippen LogP contribution in [0.1, 0.15) is 16.1 Å². The first-order valence-electron chi connectivity index (χ1n) is 9.46. The average Bonchev–Trinajstić information content (AvgIpc) is 2.75. The molecule has 28 heavy (non-hydrogen) atoms. The van der Waals surface area contributed by atoms with Gasteiger partial charge in [-0.1, -0.05) is 30.3 Å². The van der Waals surface area contributed by atoms with Crippen LogP contribution in [0.4, 0.5) is 17.2 Å². The Labute approximate surface area is 164 Å². The molecule has 4 rings (SSSR count). The van der Waals surface area contributed by atoms with Crippen molar-refractivity contribution in [1.29, 1.82) is 0 Å². The first-order chi connectivity index (χ1) is 13.7. The normalized spacial score (nSPS) is 14.0. The number of benzene rings is 2. The quantitative estimate of drug-likeness (QED) is 0.759. The van der Waals surface area contributed by atoms with Gasteiger partial charge in [0.05, 0.1) is 0 Å². The van der Waals surface area contributed by atoms with Gasteiger partial charge in [0.25, 0.3) is 5.91 Å². The van der Waals surface area contributed by atoms with Gasteiger partial charge >= 0.3 is 0 Å². The molecule has 6 nitrogen and oxygen atoms in total. The molecule has 3 aromatic rings. The molecule has 0 unspecified atom stereocenters. The molecule has 1 aliphatic rings. The van der Waals surface area contributed by atoms with Gasteiger partial charge in [-0.25, -0.2) is 0 Å². The minimum Gasteiger partial charge on any atom is -0.368 e. The summed E-state index contributed by atoms with van der Waals surface area (Å²) < 4.78 is 0. The minimum absolute atomic E-state index is 0.0673. The molecule has 1 aliphatic heterocycles. The molecule has 6 heteroatoms. The fourth-order valence-corrected chi connectivity index (χ4v) is 3.35. The van der Waals surface area contributed by atoms with Crippen LogP contribution in [0.25, 0.3) is 0 Å². The zero-order valence-corrected chi connectivity index (χ0v) is 15.9. The average molecular weight is 373 g/mol. The summed E-state index contributed by atoms with van der Waals surface area (Å²) in [5, 5.41) is 11.5. The van der Waals surface area contributed by atoms with Crippen LogP contribution in [0.2, 0.25) is 0 Å². The van der Waals surface area contributed by atoms with Crippen molar-refractivity contribution in [3.05, 3.63) is 78.0 Å². The van der Waals surface area contributed by atoms with Crippen LogP contribution in [0.3, 0.4) is 0 Å². The van der Waals surface area contributed by atoms with Gasteiger partial charge in [0.15, 0.2) is 11.5 Å². The van der Waals surface area contributed by atoms with E-state index < -0.39 is 0 Å². The smallest absolute Gasteiger partial charge is 0.274 e. The van der Waals surface area contributed by atoms with Crippen molar-refractivity contribution >= 4 is 23.1 Å². The summed E-state index contributed by atoms with van der Waals surface area (Å²) in [5.74, 6) is 0.554. The zero-order chi connectivity index (χ0) is 19.3. The van der Waals surface area contributed by atoms with E-state index in [-0.39, 0.29) is 5.91 Å². The van der Waals surface area contributed by atoms with Crippen molar-refractivity contribution in [2.75, 3.05) is 36.4 Å². The highest BCUT2D eigenvalue weighted by molar-refractivity contribution is 5.92. The van der Waals surface area contributed by atoms with E-state index in [2.05, 4.69) is 32.5 Å². The van der Waals surface area contributed by atoms with E-state index in [0.29, 0.717) is 24.6 Å². The lowest BCUT2D eigenvalue weighted by Crippen LogP contribution is -2.49. The van der Waals surface area contributed by atoms with Crippen molar-refractivity contribution in [2.24, 2.45) is 0 Å². The van der Waals surface area contributed by atoms with Crippen LogP contribution in [0.5, 0.6) is 0 Å². The monoisotopic (exact) mass is 373 g/mol. The van der Waals surface area contributed by atoms with Crippen LogP contribution in [0.15, 0.2) is 66.7 Å². The number of nitrogens with zero attached hydrogens (tertiary/aromatic N) is 4. The Balaban J connectivity index is 1.36. The van der Waals surface area contributed by atoms with Crippen molar-refractivity contribution in [2.45, 2.75) is 6.92 Å². The molecular weight excluding hydrogens is 350 g/mol. The number of carbonyl (C=O) groups excluding carboxylic acids is 1. The highest BCUT2D eigenvalue weighted by Gasteiger charge is 2.23. The standard InChI is InChI=1S/C22H23N5O/c1-17-6-5-7-18(16-17)23-21-11-10-20(24-25-21)22(28)27-14-12-26(13-15-27)19-8-3-2-4-9-19/h2-11,16H,12-15H2,1H3,(H,23,25). The zero-order valence-electron chi connectivity index (χ0n) is 15.9. The molecule has 0 spiro atoms. The minimum atomic E-state index is -0.0673. The SMILES string of the molecule is Cc1cccc(Nc2ccc(C(=O)N3CCN(c4ccccc4)CC3)nn2)c1. The molecule has 0 atom stereocenters. The van der Waals surface area contributed by atoms with Gasteiger partial charge in [-0.15, -0.1) is 10.2 Å². The Hall–Kier alpha value is -3.41. The maximum absolute atomic E-state index is 12.7. The maximum atomic E-state index is 12.7. The molecule has 0 saturated carbocycles. The first kappa shape index (κ1) is 18.0. The summed E-state index contributed by atoms with van der Waals surface area (Å²) in [6.45, 7) is 5.03. The summed E-state index contributed by atoms with van der Waals surface area (Å²) >= 11 is 0. The fraction of sp³-hybridized carbons (Fsp3) is 0.227. The number of aromatic nitrogens is 2. The Morgan fingerprint density at radius 1 is 0.893 bits per heavy atom. The third-order valence-corrected chi connectivity index (χ3v) is 4.86. The number of hydrogen-bond donors (Lipinski definition) is 1. The lowest BCUT2D eigenvalue weighted by Gasteiger charge is -2.35. The number of para-hydroxylation sites is 1. The van der Waals surface area contributed by atoms with E-state index >= 15 is 0 Å². The summed E-state index contributed by atoms with van der Waals surface area (Å²) in [4.78, 5) is 16.9. The molecule has 1 aromatic heterocycles. The van der Waals surface area contributed by atoms with Gasteiger partial charge in [-0.05, 0) is 48.9 Å². The second-order valence-corrected chi connectivity index (χ2v) is 6.91. The molecule has 0 radical (unpaired) electrons. The molecule has 0 bridgehead atoms. The van der Waals surface area contributed by atoms with Crippen LogP contribution in [0, 0.1) is 6.92 Å². The van der Waals surface area contributed by atoms with E-state index in [1.807, 2.05) is 54.3 Å². The Morgan fingerprint density at radius 3 is 2.36 bits per heavy atom. The number of nitrogens with one attached hydrogen (secondary N) is 1. The first-order valence-corrected chi connectivity index (χ1v) is 9.46. The Morgan fingerprint density at radius 2 is 1.68 bits per heavy atom. The van der Waals surface area contributed by atoms with Crippen LogP contribution in [-0.2, 0) is 0 Å². The van der Waals surface area contributed by atoms with Crippen molar-refractivity contribution < 1.29 is 4.79 Å². The number of aryl methyl sites for hydroxylation is 1. The summed E-state index contributed by atoms with van der Waals surface area (Å²) in [5.41, 5.74) is 3.69. The second-order valence-electron chi connectivity index (χ2n) is 6.91. The number of anilines is 3. The van der Waals surface area contributed by atoms with Crippen molar-refractivity contribution in [3.63, 3.8) is 0 Å². The number of rotatable bonds is 4.